The van der Waals surface area contributed by atoms with Crippen molar-refractivity contribution >= 4 is 29.5 Å². The van der Waals surface area contributed by atoms with Crippen LogP contribution < -0.4 is 5.32 Å². The van der Waals surface area contributed by atoms with Crippen LogP contribution in [0.1, 0.15) is 49.4 Å². The Balaban J connectivity index is 1.64. The van der Waals surface area contributed by atoms with Gasteiger partial charge in [-0.15, -0.1) is 0 Å². The van der Waals surface area contributed by atoms with Gasteiger partial charge in [-0.25, -0.2) is 4.39 Å². The van der Waals surface area contributed by atoms with E-state index >= 15 is 0 Å². The first-order chi connectivity index (χ1) is 12.0. The fourth-order valence-corrected chi connectivity index (χ4v) is 4.79. The molecule has 138 valence electrons. The third-order valence-electron chi connectivity index (χ3n) is 5.33. The molecule has 0 atom stereocenters. The van der Waals surface area contributed by atoms with Gasteiger partial charge in [0.15, 0.2) is 0 Å². The summed E-state index contributed by atoms with van der Waals surface area (Å²) in [7, 11) is 0. The van der Waals surface area contributed by atoms with Gasteiger partial charge in [-0.3, -0.25) is 9.10 Å². The summed E-state index contributed by atoms with van der Waals surface area (Å²) in [6.07, 6.45) is 5.96. The first-order valence-corrected chi connectivity index (χ1v) is 10.4. The second kappa shape index (κ2) is 8.28. The maximum atomic E-state index is 14.0. The fraction of sp³-hybridized carbons (Fsp3) is 0.632. The summed E-state index contributed by atoms with van der Waals surface area (Å²) in [5.74, 6) is 0.941. The lowest BCUT2D eigenvalue weighted by Gasteiger charge is -2.41. The number of hydrogen-bond donors (Lipinski definition) is 1. The van der Waals surface area contributed by atoms with Gasteiger partial charge in [0.25, 0.3) is 5.91 Å². The highest BCUT2D eigenvalue weighted by Crippen LogP contribution is 2.46. The van der Waals surface area contributed by atoms with Crippen LogP contribution in [0.25, 0.3) is 0 Å². The Morgan fingerprint density at radius 1 is 1.40 bits per heavy atom. The molecule has 2 aliphatic rings. The van der Waals surface area contributed by atoms with Crippen molar-refractivity contribution in [2.45, 2.75) is 39.0 Å². The van der Waals surface area contributed by atoms with Gasteiger partial charge in [-0.2, -0.15) is 0 Å². The number of nitrogens with one attached hydrogen (secondary N) is 1. The molecular weight excluding hydrogens is 359 g/mol. The maximum absolute atomic E-state index is 14.0. The fourth-order valence-electron chi connectivity index (χ4n) is 3.73. The van der Waals surface area contributed by atoms with Crippen molar-refractivity contribution in [1.82, 2.24) is 9.62 Å². The number of amides is 1. The quantitative estimate of drug-likeness (QED) is 0.688. The monoisotopic (exact) mass is 384 g/mol. The molecule has 1 aliphatic carbocycles. The molecule has 1 saturated heterocycles. The average Bonchev–Trinajstić information content (AvgIpc) is 3.39. The first kappa shape index (κ1) is 19.0. The van der Waals surface area contributed by atoms with Crippen molar-refractivity contribution in [3.05, 3.63) is 34.6 Å². The van der Waals surface area contributed by atoms with E-state index in [1.165, 1.54) is 31.4 Å². The molecule has 2 fully saturated rings. The third-order valence-corrected chi connectivity index (χ3v) is 6.63. The van der Waals surface area contributed by atoms with Crippen molar-refractivity contribution in [2.24, 2.45) is 11.3 Å². The van der Waals surface area contributed by atoms with E-state index in [2.05, 4.69) is 16.5 Å². The summed E-state index contributed by atoms with van der Waals surface area (Å²) in [6, 6.07) is 4.35. The van der Waals surface area contributed by atoms with E-state index in [0.29, 0.717) is 6.54 Å². The molecule has 1 aliphatic heterocycles. The summed E-state index contributed by atoms with van der Waals surface area (Å²) in [6.45, 7) is 4.90. The van der Waals surface area contributed by atoms with Crippen LogP contribution in [0.3, 0.4) is 0 Å². The summed E-state index contributed by atoms with van der Waals surface area (Å²) in [5, 5.41) is 3.15. The smallest absolute Gasteiger partial charge is 0.255 e. The topological polar surface area (TPSA) is 32.3 Å². The molecule has 1 aromatic carbocycles. The van der Waals surface area contributed by atoms with Crippen LogP contribution in [-0.2, 0) is 0 Å². The molecule has 0 bridgehead atoms. The van der Waals surface area contributed by atoms with E-state index in [1.54, 1.807) is 6.07 Å². The van der Waals surface area contributed by atoms with Crippen molar-refractivity contribution < 1.29 is 9.18 Å². The first-order valence-electron chi connectivity index (χ1n) is 9.13. The summed E-state index contributed by atoms with van der Waals surface area (Å²) >= 11 is 7.91. The average molecular weight is 385 g/mol. The molecule has 1 heterocycles. The lowest BCUT2D eigenvalue weighted by molar-refractivity contribution is 0.0874. The van der Waals surface area contributed by atoms with Crippen molar-refractivity contribution in [3.8, 4) is 0 Å². The van der Waals surface area contributed by atoms with E-state index in [0.717, 1.165) is 37.6 Å². The maximum Gasteiger partial charge on any atom is 0.255 e. The molecule has 6 heteroatoms. The van der Waals surface area contributed by atoms with Gasteiger partial charge < -0.3 is 5.32 Å². The van der Waals surface area contributed by atoms with Gasteiger partial charge >= 0.3 is 0 Å². The summed E-state index contributed by atoms with van der Waals surface area (Å²) in [4.78, 5) is 12.5. The minimum atomic E-state index is -0.560. The number of carbonyl (C=O) groups excluding carboxylic acids is 1. The summed E-state index contributed by atoms with van der Waals surface area (Å²) in [5.41, 5.74) is 0.101. The zero-order valence-electron chi connectivity index (χ0n) is 14.7. The van der Waals surface area contributed by atoms with Crippen LogP contribution in [0, 0.1) is 17.2 Å². The van der Waals surface area contributed by atoms with Gasteiger partial charge in [0.05, 0.1) is 10.6 Å². The predicted octanol–water partition coefficient (Wildman–Crippen LogP) is 4.76. The SMILES string of the molecule is CCSN1CCC(CNC(=O)c2c(F)cccc2Cl)(CC2CC2)CC1. The minimum absolute atomic E-state index is 0.0373. The Morgan fingerprint density at radius 3 is 2.72 bits per heavy atom. The Labute approximate surface area is 158 Å². The van der Waals surface area contributed by atoms with E-state index < -0.39 is 11.7 Å². The number of nitrogens with zero attached hydrogens (tertiary/aromatic N) is 1. The van der Waals surface area contributed by atoms with Crippen molar-refractivity contribution in [2.75, 3.05) is 25.4 Å². The largest absolute Gasteiger partial charge is 0.351 e. The highest BCUT2D eigenvalue weighted by atomic mass is 35.5. The van der Waals surface area contributed by atoms with E-state index in [9.17, 15) is 9.18 Å². The number of piperidine rings is 1. The summed E-state index contributed by atoms with van der Waals surface area (Å²) < 4.78 is 16.4. The van der Waals surface area contributed by atoms with Crippen LogP contribution in [0.15, 0.2) is 18.2 Å². The lowest BCUT2D eigenvalue weighted by Crippen LogP contribution is -2.45. The number of carbonyl (C=O) groups is 1. The normalized spacial score (nSPS) is 20.4. The van der Waals surface area contributed by atoms with E-state index in [4.69, 9.17) is 11.6 Å². The number of hydrogen-bond acceptors (Lipinski definition) is 3. The Kier molecular flexibility index (Phi) is 6.29. The standard InChI is InChI=1S/C19H26ClFN2OS/c1-2-25-23-10-8-19(9-11-23,12-14-6-7-14)13-22-18(24)17-15(20)4-3-5-16(17)21/h3-5,14H,2,6-13H2,1H3,(H,22,24). The molecule has 0 radical (unpaired) electrons. The Morgan fingerprint density at radius 2 is 2.12 bits per heavy atom. The zero-order valence-corrected chi connectivity index (χ0v) is 16.3. The van der Waals surface area contributed by atoms with E-state index in [1.807, 2.05) is 11.9 Å². The molecule has 3 rings (SSSR count). The molecule has 3 nitrogen and oxygen atoms in total. The molecule has 0 unspecified atom stereocenters. The zero-order chi connectivity index (χ0) is 17.9. The van der Waals surface area contributed by atoms with Crippen molar-refractivity contribution in [3.63, 3.8) is 0 Å². The van der Waals surface area contributed by atoms with Gasteiger partial charge in [0.2, 0.25) is 0 Å². The molecule has 1 N–H and O–H groups in total. The van der Waals surface area contributed by atoms with Crippen LogP contribution >= 0.6 is 23.5 Å². The van der Waals surface area contributed by atoms with Crippen LogP contribution in [-0.4, -0.2) is 35.6 Å². The molecular formula is C19H26ClFN2OS. The van der Waals surface area contributed by atoms with Crippen LogP contribution in [0.2, 0.25) is 5.02 Å². The number of benzene rings is 1. The predicted molar refractivity (Wildman–Crippen MR) is 102 cm³/mol. The highest BCUT2D eigenvalue weighted by molar-refractivity contribution is 7.96. The highest BCUT2D eigenvalue weighted by Gasteiger charge is 2.40. The molecule has 1 saturated carbocycles. The molecule has 25 heavy (non-hydrogen) atoms. The molecule has 1 aromatic rings. The second-order valence-electron chi connectivity index (χ2n) is 7.27. The van der Waals surface area contributed by atoms with Crippen LogP contribution in [0.5, 0.6) is 0 Å². The lowest BCUT2D eigenvalue weighted by atomic mass is 9.74. The number of halogens is 2. The second-order valence-corrected chi connectivity index (χ2v) is 9.03. The minimum Gasteiger partial charge on any atom is -0.351 e. The van der Waals surface area contributed by atoms with Crippen molar-refractivity contribution in [1.29, 1.82) is 0 Å². The third kappa shape index (κ3) is 4.89. The van der Waals surface area contributed by atoms with Gasteiger partial charge in [0.1, 0.15) is 5.82 Å². The van der Waals surface area contributed by atoms with Gasteiger partial charge in [0, 0.05) is 25.4 Å². The molecule has 0 spiro atoms. The number of rotatable bonds is 7. The van der Waals surface area contributed by atoms with Gasteiger partial charge in [-0.1, -0.05) is 49.4 Å². The molecule has 0 aromatic heterocycles. The van der Waals surface area contributed by atoms with E-state index in [-0.39, 0.29) is 16.0 Å². The van der Waals surface area contributed by atoms with Gasteiger partial charge in [-0.05, 0) is 42.7 Å². The Hall–Kier alpha value is -0.780. The Bertz CT molecular complexity index is 595. The van der Waals surface area contributed by atoms with Crippen LogP contribution in [0.4, 0.5) is 4.39 Å². The molecule has 1 amide bonds.